The van der Waals surface area contributed by atoms with E-state index < -0.39 is 0 Å². The standard InChI is InChI=1S/C29H29N5O2/c1-21-20-27(34-18-6-3-7-19-34)33-29(30-21)32-24-14-12-23(13-15-24)31-28(35)22-10-16-26(17-11-22)36-25-8-4-2-5-9-25/h2,4-5,8-17,20H,3,6-7,18-19H2,1H3,(H,31,35)(H,30,32,33). The van der Waals surface area contributed by atoms with Gasteiger partial charge in [-0.25, -0.2) is 4.98 Å². The van der Waals surface area contributed by atoms with E-state index in [0.29, 0.717) is 22.9 Å². The summed E-state index contributed by atoms with van der Waals surface area (Å²) in [4.78, 5) is 24.3. The molecule has 0 unspecified atom stereocenters. The first-order valence-corrected chi connectivity index (χ1v) is 12.2. The van der Waals surface area contributed by atoms with Crippen LogP contribution in [0.15, 0.2) is 84.9 Å². The lowest BCUT2D eigenvalue weighted by Crippen LogP contribution is -2.30. The van der Waals surface area contributed by atoms with Gasteiger partial charge in [0, 0.05) is 41.8 Å². The number of amides is 1. The Morgan fingerprint density at radius 1 is 0.806 bits per heavy atom. The molecule has 182 valence electrons. The van der Waals surface area contributed by atoms with Crippen molar-refractivity contribution in [3.05, 3.63) is 96.2 Å². The van der Waals surface area contributed by atoms with Gasteiger partial charge in [-0.05, 0) is 86.8 Å². The number of benzene rings is 3. The van der Waals surface area contributed by atoms with Gasteiger partial charge in [-0.3, -0.25) is 4.79 Å². The monoisotopic (exact) mass is 479 g/mol. The Balaban J connectivity index is 1.19. The zero-order valence-corrected chi connectivity index (χ0v) is 20.3. The molecule has 7 heteroatoms. The number of nitrogens with one attached hydrogen (secondary N) is 2. The molecule has 36 heavy (non-hydrogen) atoms. The molecule has 1 aromatic heterocycles. The number of hydrogen-bond acceptors (Lipinski definition) is 6. The maximum absolute atomic E-state index is 12.7. The summed E-state index contributed by atoms with van der Waals surface area (Å²) >= 11 is 0. The number of hydrogen-bond donors (Lipinski definition) is 2. The summed E-state index contributed by atoms with van der Waals surface area (Å²) in [5.74, 6) is 2.78. The van der Waals surface area contributed by atoms with Gasteiger partial charge >= 0.3 is 0 Å². The molecular formula is C29H29N5O2. The number of para-hydroxylation sites is 1. The van der Waals surface area contributed by atoms with Gasteiger partial charge in [0.25, 0.3) is 5.91 Å². The number of carbonyl (C=O) groups excluding carboxylic acids is 1. The van der Waals surface area contributed by atoms with Gasteiger partial charge in [0.05, 0.1) is 0 Å². The second-order valence-corrected chi connectivity index (χ2v) is 8.83. The van der Waals surface area contributed by atoms with E-state index in [1.54, 1.807) is 24.3 Å². The predicted octanol–water partition coefficient (Wildman–Crippen LogP) is 6.56. The van der Waals surface area contributed by atoms with Gasteiger partial charge < -0.3 is 20.3 Å². The SMILES string of the molecule is Cc1cc(N2CCCCC2)nc(Nc2ccc(NC(=O)c3ccc(Oc4ccccc4)cc3)cc2)n1. The summed E-state index contributed by atoms with van der Waals surface area (Å²) < 4.78 is 5.79. The second kappa shape index (κ2) is 10.9. The Bertz CT molecular complexity index is 1300. The molecular weight excluding hydrogens is 450 g/mol. The van der Waals surface area contributed by atoms with Crippen LogP contribution in [0.4, 0.5) is 23.1 Å². The van der Waals surface area contributed by atoms with Crippen molar-refractivity contribution < 1.29 is 9.53 Å². The molecule has 2 heterocycles. The van der Waals surface area contributed by atoms with E-state index >= 15 is 0 Å². The van der Waals surface area contributed by atoms with E-state index in [4.69, 9.17) is 9.72 Å². The molecule has 5 rings (SSSR count). The van der Waals surface area contributed by atoms with Gasteiger partial charge in [0.2, 0.25) is 5.95 Å². The summed E-state index contributed by atoms with van der Waals surface area (Å²) in [5, 5.41) is 6.22. The van der Waals surface area contributed by atoms with E-state index in [2.05, 4.69) is 20.5 Å². The fraction of sp³-hybridized carbons (Fsp3) is 0.207. The van der Waals surface area contributed by atoms with Crippen molar-refractivity contribution in [2.24, 2.45) is 0 Å². The third-order valence-electron chi connectivity index (χ3n) is 6.02. The molecule has 1 fully saturated rings. The number of aromatic nitrogens is 2. The zero-order chi connectivity index (χ0) is 24.7. The summed E-state index contributed by atoms with van der Waals surface area (Å²) in [6.45, 7) is 4.05. The topological polar surface area (TPSA) is 79.4 Å². The first-order valence-electron chi connectivity index (χ1n) is 12.2. The molecule has 4 aromatic rings. The predicted molar refractivity (Wildman–Crippen MR) is 143 cm³/mol. The highest BCUT2D eigenvalue weighted by Gasteiger charge is 2.14. The number of rotatable bonds is 7. The minimum absolute atomic E-state index is 0.185. The van der Waals surface area contributed by atoms with Crippen LogP contribution in [-0.4, -0.2) is 29.0 Å². The maximum Gasteiger partial charge on any atom is 0.255 e. The molecule has 0 radical (unpaired) electrons. The largest absolute Gasteiger partial charge is 0.457 e. The molecule has 1 amide bonds. The number of carbonyl (C=O) groups is 1. The van der Waals surface area contributed by atoms with Crippen LogP contribution in [0.5, 0.6) is 11.5 Å². The van der Waals surface area contributed by atoms with Crippen molar-refractivity contribution in [2.75, 3.05) is 28.6 Å². The van der Waals surface area contributed by atoms with Gasteiger partial charge in [0.15, 0.2) is 0 Å². The van der Waals surface area contributed by atoms with Crippen molar-refractivity contribution in [1.82, 2.24) is 9.97 Å². The van der Waals surface area contributed by atoms with E-state index in [9.17, 15) is 4.79 Å². The Kier molecular flexibility index (Phi) is 7.07. The van der Waals surface area contributed by atoms with Crippen LogP contribution in [0.1, 0.15) is 35.3 Å². The van der Waals surface area contributed by atoms with Crippen molar-refractivity contribution in [2.45, 2.75) is 26.2 Å². The van der Waals surface area contributed by atoms with Crippen molar-refractivity contribution in [3.63, 3.8) is 0 Å². The number of anilines is 4. The minimum Gasteiger partial charge on any atom is -0.457 e. The second-order valence-electron chi connectivity index (χ2n) is 8.83. The molecule has 7 nitrogen and oxygen atoms in total. The van der Waals surface area contributed by atoms with Crippen LogP contribution in [0.2, 0.25) is 0 Å². The first-order chi connectivity index (χ1) is 17.6. The maximum atomic E-state index is 12.7. The summed E-state index contributed by atoms with van der Waals surface area (Å²) in [7, 11) is 0. The van der Waals surface area contributed by atoms with Crippen LogP contribution in [0.3, 0.4) is 0 Å². The highest BCUT2D eigenvalue weighted by molar-refractivity contribution is 6.04. The van der Waals surface area contributed by atoms with E-state index in [1.807, 2.05) is 67.6 Å². The zero-order valence-electron chi connectivity index (χ0n) is 20.3. The summed E-state index contributed by atoms with van der Waals surface area (Å²) in [6.07, 6.45) is 3.68. The Morgan fingerprint density at radius 2 is 1.47 bits per heavy atom. The Morgan fingerprint density at radius 3 is 2.19 bits per heavy atom. The van der Waals surface area contributed by atoms with Gasteiger partial charge in [-0.15, -0.1) is 0 Å². The van der Waals surface area contributed by atoms with Crippen LogP contribution in [0, 0.1) is 6.92 Å². The Labute approximate surface area is 211 Å². The quantitative estimate of drug-likeness (QED) is 0.312. The first kappa shape index (κ1) is 23.4. The molecule has 0 saturated carbocycles. The molecule has 1 aliphatic rings. The fourth-order valence-corrected chi connectivity index (χ4v) is 4.16. The van der Waals surface area contributed by atoms with Crippen molar-refractivity contribution >= 4 is 29.0 Å². The summed E-state index contributed by atoms with van der Waals surface area (Å²) in [6, 6.07) is 26.2. The van der Waals surface area contributed by atoms with Crippen molar-refractivity contribution in [1.29, 1.82) is 0 Å². The lowest BCUT2D eigenvalue weighted by Gasteiger charge is -2.28. The molecule has 1 aliphatic heterocycles. The third-order valence-corrected chi connectivity index (χ3v) is 6.02. The smallest absolute Gasteiger partial charge is 0.255 e. The van der Waals surface area contributed by atoms with Crippen molar-refractivity contribution in [3.8, 4) is 11.5 Å². The highest BCUT2D eigenvalue weighted by Crippen LogP contribution is 2.24. The highest BCUT2D eigenvalue weighted by atomic mass is 16.5. The molecule has 0 aliphatic carbocycles. The minimum atomic E-state index is -0.185. The van der Waals surface area contributed by atoms with E-state index in [1.165, 1.54) is 19.3 Å². The van der Waals surface area contributed by atoms with Gasteiger partial charge in [0.1, 0.15) is 17.3 Å². The summed E-state index contributed by atoms with van der Waals surface area (Å²) in [5.41, 5.74) is 3.04. The third kappa shape index (κ3) is 5.99. The van der Waals surface area contributed by atoms with E-state index in [0.717, 1.165) is 36.0 Å². The average molecular weight is 480 g/mol. The number of nitrogens with zero attached hydrogens (tertiary/aromatic N) is 3. The normalized spacial score (nSPS) is 13.2. The van der Waals surface area contributed by atoms with Crippen LogP contribution in [0.25, 0.3) is 0 Å². The van der Waals surface area contributed by atoms with Crippen LogP contribution < -0.4 is 20.3 Å². The lowest BCUT2D eigenvalue weighted by atomic mass is 10.1. The number of piperidine rings is 1. The average Bonchev–Trinajstić information content (AvgIpc) is 2.91. The molecule has 2 N–H and O–H groups in total. The fourth-order valence-electron chi connectivity index (χ4n) is 4.16. The van der Waals surface area contributed by atoms with Crippen LogP contribution in [-0.2, 0) is 0 Å². The number of aryl methyl sites for hydroxylation is 1. The molecule has 3 aromatic carbocycles. The van der Waals surface area contributed by atoms with Crippen LogP contribution >= 0.6 is 0 Å². The molecule has 1 saturated heterocycles. The molecule has 0 spiro atoms. The van der Waals surface area contributed by atoms with E-state index in [-0.39, 0.29) is 5.91 Å². The molecule has 0 atom stereocenters. The Hall–Kier alpha value is -4.39. The van der Waals surface area contributed by atoms with Gasteiger partial charge in [-0.2, -0.15) is 4.98 Å². The molecule has 0 bridgehead atoms. The number of ether oxygens (including phenoxy) is 1. The lowest BCUT2D eigenvalue weighted by molar-refractivity contribution is 0.102. The van der Waals surface area contributed by atoms with Gasteiger partial charge in [-0.1, -0.05) is 18.2 Å².